The number of halogens is 3. The molecule has 0 aliphatic carbocycles. The molecule has 2 aliphatic rings. The number of nitrogens with zero attached hydrogens (tertiary/aromatic N) is 5. The fourth-order valence-electron chi connectivity index (χ4n) is 4.03. The van der Waals surface area contributed by atoms with Gasteiger partial charge in [-0.1, -0.05) is 6.07 Å². The van der Waals surface area contributed by atoms with E-state index in [9.17, 15) is 23.2 Å². The molecule has 4 heterocycles. The molecule has 35 heavy (non-hydrogen) atoms. The van der Waals surface area contributed by atoms with Gasteiger partial charge >= 0.3 is 11.9 Å². The number of hydrogen-bond acceptors (Lipinski definition) is 8. The van der Waals surface area contributed by atoms with Crippen LogP contribution in [0.15, 0.2) is 47.4 Å². The van der Waals surface area contributed by atoms with Crippen LogP contribution in [-0.2, 0) is 24.1 Å². The zero-order valence-electron chi connectivity index (χ0n) is 18.2. The van der Waals surface area contributed by atoms with Crippen LogP contribution >= 0.6 is 0 Å². The molecule has 12 heteroatoms. The number of morpholine rings is 1. The molecule has 1 aromatic carbocycles. The molecule has 1 atom stereocenters. The number of rotatable bonds is 5. The lowest BCUT2D eigenvalue weighted by atomic mass is 10.1. The highest BCUT2D eigenvalue weighted by atomic mass is 19.4. The van der Waals surface area contributed by atoms with Crippen LogP contribution in [0.5, 0.6) is 17.4 Å². The Morgan fingerprint density at radius 3 is 2.89 bits per heavy atom. The predicted octanol–water partition coefficient (Wildman–Crippen LogP) is 3.12. The summed E-state index contributed by atoms with van der Waals surface area (Å²) in [4.78, 5) is 21.8. The fraction of sp³-hybridized carbons (Fsp3) is 0.304. The van der Waals surface area contributed by atoms with Crippen molar-refractivity contribution in [2.75, 3.05) is 24.7 Å². The summed E-state index contributed by atoms with van der Waals surface area (Å²) in [5, 5.41) is 9.51. The van der Waals surface area contributed by atoms with Crippen LogP contribution in [0.4, 0.5) is 19.0 Å². The van der Waals surface area contributed by atoms with E-state index in [0.717, 1.165) is 18.1 Å². The topological polar surface area (TPSA) is 102 Å². The molecule has 5 rings (SSSR count). The van der Waals surface area contributed by atoms with Crippen molar-refractivity contribution < 1.29 is 27.4 Å². The molecule has 1 fully saturated rings. The van der Waals surface area contributed by atoms with Gasteiger partial charge in [0.05, 0.1) is 31.4 Å². The monoisotopic (exact) mass is 485 g/mol. The normalized spacial score (nSPS) is 16.9. The Hall–Kier alpha value is -4.11. The largest absolute Gasteiger partial charge is 0.473 e. The molecule has 0 radical (unpaired) electrons. The molecule has 0 spiro atoms. The van der Waals surface area contributed by atoms with Gasteiger partial charge in [0, 0.05) is 24.9 Å². The van der Waals surface area contributed by atoms with E-state index < -0.39 is 17.6 Å². The first kappa shape index (κ1) is 22.7. The average molecular weight is 485 g/mol. The Balaban J connectivity index is 1.31. The highest BCUT2D eigenvalue weighted by Gasteiger charge is 2.34. The minimum absolute atomic E-state index is 0.0187. The second-order valence-electron chi connectivity index (χ2n) is 7.98. The van der Waals surface area contributed by atoms with E-state index in [2.05, 4.69) is 14.9 Å². The Morgan fingerprint density at radius 1 is 1.23 bits per heavy atom. The van der Waals surface area contributed by atoms with Gasteiger partial charge < -0.3 is 19.1 Å². The first-order chi connectivity index (χ1) is 16.8. The average Bonchev–Trinajstić information content (AvgIpc) is 3.22. The smallest absolute Gasteiger partial charge is 0.433 e. The summed E-state index contributed by atoms with van der Waals surface area (Å²) in [7, 11) is 0. The molecule has 0 N–H and O–H groups in total. The number of nitriles is 1. The summed E-state index contributed by atoms with van der Waals surface area (Å²) in [6.07, 6.45) is -3.63. The Kier molecular flexibility index (Phi) is 5.78. The van der Waals surface area contributed by atoms with Gasteiger partial charge in [-0.05, 0) is 23.8 Å². The van der Waals surface area contributed by atoms with E-state index in [4.69, 9.17) is 14.2 Å². The third-order valence-electron chi connectivity index (χ3n) is 5.68. The molecule has 180 valence electrons. The molecule has 0 bridgehead atoms. The van der Waals surface area contributed by atoms with Crippen LogP contribution in [0, 0.1) is 11.3 Å². The van der Waals surface area contributed by atoms with Crippen molar-refractivity contribution in [3.63, 3.8) is 0 Å². The van der Waals surface area contributed by atoms with Crippen molar-refractivity contribution in [1.82, 2.24) is 14.5 Å². The van der Waals surface area contributed by atoms with Crippen molar-refractivity contribution in [3.05, 3.63) is 69.9 Å². The van der Waals surface area contributed by atoms with Crippen molar-refractivity contribution >= 4 is 5.82 Å². The summed E-state index contributed by atoms with van der Waals surface area (Å²) in [5.74, 6) is 0.869. The zero-order chi connectivity index (χ0) is 24.6. The summed E-state index contributed by atoms with van der Waals surface area (Å²) in [6.45, 7) is 2.31. The summed E-state index contributed by atoms with van der Waals surface area (Å²) >= 11 is 0. The van der Waals surface area contributed by atoms with E-state index in [1.165, 1.54) is 18.2 Å². The molecule has 0 saturated carbocycles. The van der Waals surface area contributed by atoms with Gasteiger partial charge in [-0.25, -0.2) is 4.79 Å². The zero-order valence-corrected chi connectivity index (χ0v) is 18.2. The molecule has 9 nitrogen and oxygen atoms in total. The third-order valence-corrected chi connectivity index (χ3v) is 5.68. The second-order valence-corrected chi connectivity index (χ2v) is 7.98. The van der Waals surface area contributed by atoms with Crippen molar-refractivity contribution in [1.29, 1.82) is 5.26 Å². The van der Waals surface area contributed by atoms with Crippen LogP contribution in [0.1, 0.15) is 16.8 Å². The van der Waals surface area contributed by atoms with Gasteiger partial charge in [0.2, 0.25) is 5.88 Å². The van der Waals surface area contributed by atoms with Gasteiger partial charge in [0.25, 0.3) is 0 Å². The summed E-state index contributed by atoms with van der Waals surface area (Å²) in [6, 6.07) is 10.4. The first-order valence-electron chi connectivity index (χ1n) is 10.6. The standard InChI is InChI=1S/C23H18F3N5O4/c24-23(25,26)19-8-17(3-4-28-19)35-18-2-1-14(7-15(18)10-27)12-34-20-9-21-30-5-6-33-13-16(30)11-31(21)22(32)29-20/h1-4,7-9,16H,5-6,11-13H2. The SMILES string of the molecule is N#Cc1cc(COc2cc3n(c(=O)n2)CC2COCCN32)ccc1Oc1ccnc(C(F)(F)F)c1. The Morgan fingerprint density at radius 2 is 2.09 bits per heavy atom. The van der Waals surface area contributed by atoms with Crippen LogP contribution in [0.3, 0.4) is 0 Å². The lowest BCUT2D eigenvalue weighted by Crippen LogP contribution is -2.43. The van der Waals surface area contributed by atoms with Gasteiger partial charge in [-0.3, -0.25) is 9.55 Å². The first-order valence-corrected chi connectivity index (χ1v) is 10.6. The van der Waals surface area contributed by atoms with Crippen LogP contribution in [0.25, 0.3) is 0 Å². The van der Waals surface area contributed by atoms with E-state index >= 15 is 0 Å². The molecule has 1 unspecified atom stereocenters. The molecular weight excluding hydrogens is 467 g/mol. The summed E-state index contributed by atoms with van der Waals surface area (Å²) < 4.78 is 57.0. The maximum Gasteiger partial charge on any atom is 0.433 e. The van der Waals surface area contributed by atoms with Crippen LogP contribution in [-0.4, -0.2) is 40.3 Å². The molecule has 2 aliphatic heterocycles. The highest BCUT2D eigenvalue weighted by Crippen LogP contribution is 2.32. The highest BCUT2D eigenvalue weighted by molar-refractivity contribution is 5.49. The molecule has 0 amide bonds. The maximum absolute atomic E-state index is 12.9. The van der Waals surface area contributed by atoms with Gasteiger partial charge in [0.15, 0.2) is 0 Å². The third kappa shape index (κ3) is 4.63. The number of benzene rings is 1. The number of aromatic nitrogens is 3. The number of alkyl halides is 3. The van der Waals surface area contributed by atoms with Crippen molar-refractivity contribution in [2.45, 2.75) is 25.4 Å². The van der Waals surface area contributed by atoms with Crippen LogP contribution in [0.2, 0.25) is 0 Å². The fourth-order valence-corrected chi connectivity index (χ4v) is 4.03. The van der Waals surface area contributed by atoms with Crippen molar-refractivity contribution in [3.8, 4) is 23.4 Å². The Labute approximate surface area is 196 Å². The molecule has 1 saturated heterocycles. The predicted molar refractivity (Wildman–Crippen MR) is 115 cm³/mol. The van der Waals surface area contributed by atoms with Crippen molar-refractivity contribution in [2.24, 2.45) is 0 Å². The van der Waals surface area contributed by atoms with E-state index in [1.54, 1.807) is 16.7 Å². The van der Waals surface area contributed by atoms with Crippen LogP contribution < -0.4 is 20.1 Å². The minimum Gasteiger partial charge on any atom is -0.473 e. The minimum atomic E-state index is -4.62. The van der Waals surface area contributed by atoms with E-state index in [-0.39, 0.29) is 35.6 Å². The lowest BCUT2D eigenvalue weighted by Gasteiger charge is -2.30. The van der Waals surface area contributed by atoms with Gasteiger partial charge in [-0.2, -0.15) is 23.4 Å². The quantitative estimate of drug-likeness (QED) is 0.543. The number of hydrogen-bond donors (Lipinski definition) is 0. The summed E-state index contributed by atoms with van der Waals surface area (Å²) in [5.41, 5.74) is -0.815. The number of ether oxygens (including phenoxy) is 3. The lowest BCUT2D eigenvalue weighted by molar-refractivity contribution is -0.141. The maximum atomic E-state index is 12.9. The van der Waals surface area contributed by atoms with Gasteiger partial charge in [-0.15, -0.1) is 0 Å². The van der Waals surface area contributed by atoms with E-state index in [0.29, 0.717) is 31.9 Å². The number of anilines is 1. The number of fused-ring (bicyclic) bond motifs is 3. The molecule has 3 aromatic rings. The van der Waals surface area contributed by atoms with Gasteiger partial charge in [0.1, 0.15) is 35.7 Å². The number of pyridine rings is 1. The Bertz CT molecular complexity index is 1370. The molecule has 2 aromatic heterocycles. The van der Waals surface area contributed by atoms with E-state index in [1.807, 2.05) is 6.07 Å². The molecular formula is C23H18F3N5O4. The second kappa shape index (κ2) is 8.92.